The zero-order chi connectivity index (χ0) is 15.7. The van der Waals surface area contributed by atoms with Gasteiger partial charge in [0.05, 0.1) is 0 Å². The van der Waals surface area contributed by atoms with Crippen LogP contribution in [0.15, 0.2) is 48.8 Å². The Labute approximate surface area is 128 Å². The minimum atomic E-state index is -0.398. The van der Waals surface area contributed by atoms with Gasteiger partial charge in [0.15, 0.2) is 5.78 Å². The van der Waals surface area contributed by atoms with Gasteiger partial charge in [-0.05, 0) is 17.7 Å². The van der Waals surface area contributed by atoms with E-state index in [1.54, 1.807) is 11.0 Å². The third-order valence-corrected chi connectivity index (χ3v) is 3.97. The maximum Gasteiger partial charge on any atom is 0.159 e. The number of aliphatic hydroxyl groups excluding tert-OH is 1. The molecule has 0 saturated carbocycles. The Morgan fingerprint density at radius 1 is 1.27 bits per heavy atom. The van der Waals surface area contributed by atoms with Gasteiger partial charge in [-0.15, -0.1) is 0 Å². The van der Waals surface area contributed by atoms with Crippen molar-refractivity contribution < 1.29 is 9.90 Å². The lowest BCUT2D eigenvalue weighted by Crippen LogP contribution is -2.27. The molecule has 2 atom stereocenters. The van der Waals surface area contributed by atoms with E-state index in [4.69, 9.17) is 0 Å². The molecule has 0 saturated heterocycles. The molecule has 6 nitrogen and oxygen atoms in total. The van der Waals surface area contributed by atoms with Gasteiger partial charge >= 0.3 is 0 Å². The first-order valence-electron chi connectivity index (χ1n) is 7.11. The number of rotatable bonds is 3. The number of aliphatic hydroxyl groups is 1. The Hall–Kier alpha value is -2.63. The molecule has 22 heavy (non-hydrogen) atoms. The van der Waals surface area contributed by atoms with E-state index in [2.05, 4.69) is 10.1 Å². The molecule has 0 radical (unpaired) electrons. The molecule has 1 aromatic heterocycles. The van der Waals surface area contributed by atoms with Crippen LogP contribution in [0.5, 0.6) is 0 Å². The van der Waals surface area contributed by atoms with Crippen LogP contribution in [0.1, 0.15) is 23.9 Å². The topological polar surface area (TPSA) is 71.2 Å². The van der Waals surface area contributed by atoms with Crippen LogP contribution in [0, 0.1) is 0 Å². The molecule has 1 heterocycles. The van der Waals surface area contributed by atoms with Crippen molar-refractivity contribution in [1.82, 2.24) is 14.8 Å². The number of ketones is 1. The average Bonchev–Trinajstić information content (AvgIpc) is 3.00. The van der Waals surface area contributed by atoms with E-state index < -0.39 is 6.04 Å². The summed E-state index contributed by atoms with van der Waals surface area (Å²) in [5.74, 6) is -0.200. The Balaban J connectivity index is 1.99. The summed E-state index contributed by atoms with van der Waals surface area (Å²) >= 11 is 0. The molecule has 1 aliphatic rings. The van der Waals surface area contributed by atoms with Crippen molar-refractivity contribution in [2.45, 2.75) is 18.4 Å². The number of hydrogen-bond acceptors (Lipinski definition) is 5. The molecule has 0 aliphatic heterocycles. The van der Waals surface area contributed by atoms with Gasteiger partial charge < -0.3 is 10.0 Å². The highest BCUT2D eigenvalue weighted by Crippen LogP contribution is 2.39. The monoisotopic (exact) mass is 298 g/mol. The molecule has 3 rings (SSSR count). The van der Waals surface area contributed by atoms with Crippen LogP contribution >= 0.6 is 0 Å². The van der Waals surface area contributed by atoms with E-state index in [0.717, 1.165) is 11.3 Å². The molecule has 6 heteroatoms. The highest BCUT2D eigenvalue weighted by molar-refractivity contribution is 5.92. The molecule has 1 aliphatic carbocycles. The van der Waals surface area contributed by atoms with Gasteiger partial charge in [0.25, 0.3) is 0 Å². The summed E-state index contributed by atoms with van der Waals surface area (Å²) in [5.41, 5.74) is 2.09. The summed E-state index contributed by atoms with van der Waals surface area (Å²) in [7, 11) is 3.96. The van der Waals surface area contributed by atoms with Gasteiger partial charge in [-0.3, -0.25) is 4.79 Å². The number of nitrogens with zero attached hydrogens (tertiary/aromatic N) is 4. The van der Waals surface area contributed by atoms with Gasteiger partial charge in [0.2, 0.25) is 0 Å². The van der Waals surface area contributed by atoms with Crippen molar-refractivity contribution in [3.05, 3.63) is 54.3 Å². The molecule has 0 amide bonds. The van der Waals surface area contributed by atoms with E-state index in [9.17, 15) is 9.90 Å². The number of carbonyl (C=O) groups excluding carboxylic acids is 1. The van der Waals surface area contributed by atoms with Crippen molar-refractivity contribution in [1.29, 1.82) is 0 Å². The number of allylic oxidation sites excluding steroid dienone is 2. The standard InChI is InChI=1S/C16H18N4O2/c1-19(2)12-5-3-11(4-6-12)14-7-13(21)8-15(22)16(14)20-10-17-9-18-20/h3-6,8-10,14,16,22H,7H2,1-2H3/t14-,16-/m1/s1. The maximum absolute atomic E-state index is 11.9. The second-order valence-corrected chi connectivity index (χ2v) is 5.65. The molecule has 114 valence electrons. The fourth-order valence-electron chi connectivity index (χ4n) is 2.84. The van der Waals surface area contributed by atoms with Crippen molar-refractivity contribution >= 4 is 11.5 Å². The molecule has 0 unspecified atom stereocenters. The lowest BCUT2D eigenvalue weighted by atomic mass is 9.82. The summed E-state index contributed by atoms with van der Waals surface area (Å²) in [6, 6.07) is 7.61. The van der Waals surface area contributed by atoms with E-state index in [0.29, 0.717) is 6.42 Å². The lowest BCUT2D eigenvalue weighted by molar-refractivity contribution is -0.116. The molecular weight excluding hydrogens is 280 g/mol. The zero-order valence-corrected chi connectivity index (χ0v) is 12.5. The Morgan fingerprint density at radius 2 is 2.00 bits per heavy atom. The zero-order valence-electron chi connectivity index (χ0n) is 12.5. The molecule has 0 fully saturated rings. The highest BCUT2D eigenvalue weighted by Gasteiger charge is 2.34. The van der Waals surface area contributed by atoms with Crippen molar-refractivity contribution in [2.75, 3.05) is 19.0 Å². The molecule has 2 aromatic rings. The van der Waals surface area contributed by atoms with E-state index in [1.807, 2.05) is 43.3 Å². The fraction of sp³-hybridized carbons (Fsp3) is 0.312. The maximum atomic E-state index is 11.9. The van der Waals surface area contributed by atoms with Gasteiger partial charge in [-0.1, -0.05) is 12.1 Å². The fourth-order valence-corrected chi connectivity index (χ4v) is 2.84. The Bertz CT molecular complexity index is 689. The minimum Gasteiger partial charge on any atom is -0.510 e. The largest absolute Gasteiger partial charge is 0.510 e. The first-order chi connectivity index (χ1) is 10.6. The van der Waals surface area contributed by atoms with Crippen LogP contribution in [0.25, 0.3) is 0 Å². The second-order valence-electron chi connectivity index (χ2n) is 5.65. The molecule has 0 spiro atoms. The average molecular weight is 298 g/mol. The van der Waals surface area contributed by atoms with E-state index >= 15 is 0 Å². The molecular formula is C16H18N4O2. The summed E-state index contributed by atoms with van der Waals surface area (Å²) in [6.07, 6.45) is 4.62. The summed E-state index contributed by atoms with van der Waals surface area (Å²) in [4.78, 5) is 17.8. The number of aromatic nitrogens is 3. The van der Waals surface area contributed by atoms with Crippen LogP contribution in [0.4, 0.5) is 5.69 Å². The van der Waals surface area contributed by atoms with Gasteiger partial charge in [-0.25, -0.2) is 9.67 Å². The molecule has 1 aromatic carbocycles. The highest BCUT2D eigenvalue weighted by atomic mass is 16.3. The third kappa shape index (κ3) is 2.59. The molecule has 1 N–H and O–H groups in total. The van der Waals surface area contributed by atoms with Crippen LogP contribution in [0.3, 0.4) is 0 Å². The van der Waals surface area contributed by atoms with E-state index in [1.165, 1.54) is 12.4 Å². The van der Waals surface area contributed by atoms with Crippen LogP contribution < -0.4 is 4.90 Å². The summed E-state index contributed by atoms with van der Waals surface area (Å²) < 4.78 is 1.60. The minimum absolute atomic E-state index is 0.0310. The lowest BCUT2D eigenvalue weighted by Gasteiger charge is -2.29. The number of hydrogen-bond donors (Lipinski definition) is 1. The van der Waals surface area contributed by atoms with Crippen molar-refractivity contribution in [2.24, 2.45) is 0 Å². The number of benzene rings is 1. The van der Waals surface area contributed by atoms with Crippen LogP contribution in [-0.2, 0) is 4.79 Å². The van der Waals surface area contributed by atoms with Gasteiger partial charge in [0, 0.05) is 38.2 Å². The van der Waals surface area contributed by atoms with E-state index in [-0.39, 0.29) is 17.5 Å². The van der Waals surface area contributed by atoms with Crippen LogP contribution in [0.2, 0.25) is 0 Å². The van der Waals surface area contributed by atoms with Gasteiger partial charge in [-0.2, -0.15) is 5.10 Å². The predicted octanol–water partition coefficient (Wildman–Crippen LogP) is 2.08. The number of carbonyl (C=O) groups is 1. The normalized spacial score (nSPS) is 21.5. The van der Waals surface area contributed by atoms with Crippen molar-refractivity contribution in [3.8, 4) is 0 Å². The van der Waals surface area contributed by atoms with Crippen molar-refractivity contribution in [3.63, 3.8) is 0 Å². The summed E-state index contributed by atoms with van der Waals surface area (Å²) in [5, 5.41) is 14.4. The Morgan fingerprint density at radius 3 is 2.59 bits per heavy atom. The third-order valence-electron chi connectivity index (χ3n) is 3.97. The number of anilines is 1. The Kier molecular flexibility index (Phi) is 3.66. The first-order valence-corrected chi connectivity index (χ1v) is 7.11. The smallest absolute Gasteiger partial charge is 0.159 e. The molecule has 0 bridgehead atoms. The van der Waals surface area contributed by atoms with Crippen LogP contribution in [-0.4, -0.2) is 39.7 Å². The second kappa shape index (κ2) is 5.63. The SMILES string of the molecule is CN(C)c1ccc([C@H]2CC(=O)C=C(O)[C@@H]2n2cncn2)cc1. The summed E-state index contributed by atoms with van der Waals surface area (Å²) in [6.45, 7) is 0. The quantitative estimate of drug-likeness (QED) is 0.939. The predicted molar refractivity (Wildman–Crippen MR) is 82.9 cm³/mol. The van der Waals surface area contributed by atoms with Gasteiger partial charge in [0.1, 0.15) is 24.5 Å². The first kappa shape index (κ1) is 14.3.